The molecule has 2 aromatic heterocycles. The molecule has 0 atom stereocenters. The molecule has 1 aromatic carbocycles. The molecule has 2 heterocycles. The Bertz CT molecular complexity index is 910. The maximum Gasteiger partial charge on any atom is 0.225 e. The number of nitrogens with one attached hydrogen (secondary N) is 2. The van der Waals surface area contributed by atoms with E-state index in [0.29, 0.717) is 12.0 Å². The molecule has 1 aliphatic rings. The molecular weight excluding hydrogens is 334 g/mol. The standard InChI is InChI=1S/C22H25N5/c1-22(2,3)16-4-6-17(7-5-16)24-20-14-19(15-10-12-23-13-11-15)26-21(27-20)25-18-8-9-18/h4-7,10-14,18H,8-9H2,1-3H3,(H2,24,25,26,27). The van der Waals surface area contributed by atoms with E-state index < -0.39 is 0 Å². The topological polar surface area (TPSA) is 62.7 Å². The first-order chi connectivity index (χ1) is 13.0. The third-order valence-corrected chi connectivity index (χ3v) is 4.64. The van der Waals surface area contributed by atoms with E-state index in [4.69, 9.17) is 0 Å². The van der Waals surface area contributed by atoms with Gasteiger partial charge in [0.2, 0.25) is 5.95 Å². The lowest BCUT2D eigenvalue weighted by molar-refractivity contribution is 0.590. The van der Waals surface area contributed by atoms with Crippen molar-refractivity contribution in [2.75, 3.05) is 10.6 Å². The number of nitrogens with zero attached hydrogens (tertiary/aromatic N) is 3. The van der Waals surface area contributed by atoms with Crippen molar-refractivity contribution in [3.05, 3.63) is 60.4 Å². The zero-order chi connectivity index (χ0) is 18.9. The molecule has 5 nitrogen and oxygen atoms in total. The number of benzene rings is 1. The van der Waals surface area contributed by atoms with E-state index in [-0.39, 0.29) is 5.41 Å². The Morgan fingerprint density at radius 2 is 1.63 bits per heavy atom. The molecule has 0 saturated heterocycles. The lowest BCUT2D eigenvalue weighted by Gasteiger charge is -2.19. The fraction of sp³-hybridized carbons (Fsp3) is 0.318. The molecule has 27 heavy (non-hydrogen) atoms. The second-order valence-electron chi connectivity index (χ2n) is 8.07. The molecular formula is C22H25N5. The largest absolute Gasteiger partial charge is 0.351 e. The first kappa shape index (κ1) is 17.5. The molecule has 3 aromatic rings. The van der Waals surface area contributed by atoms with Gasteiger partial charge in [-0.1, -0.05) is 32.9 Å². The van der Waals surface area contributed by atoms with Gasteiger partial charge in [-0.2, -0.15) is 4.98 Å². The molecule has 4 rings (SSSR count). The molecule has 138 valence electrons. The third-order valence-electron chi connectivity index (χ3n) is 4.64. The van der Waals surface area contributed by atoms with Gasteiger partial charge in [-0.05, 0) is 48.1 Å². The molecule has 1 fully saturated rings. The summed E-state index contributed by atoms with van der Waals surface area (Å²) in [6, 6.07) is 14.9. The van der Waals surface area contributed by atoms with Crippen LogP contribution in [0.4, 0.5) is 17.5 Å². The Hall–Kier alpha value is -2.95. The summed E-state index contributed by atoms with van der Waals surface area (Å²) < 4.78 is 0. The van der Waals surface area contributed by atoms with E-state index in [1.165, 1.54) is 18.4 Å². The monoisotopic (exact) mass is 359 g/mol. The third kappa shape index (κ3) is 4.42. The lowest BCUT2D eigenvalue weighted by Crippen LogP contribution is -2.10. The molecule has 0 unspecified atom stereocenters. The van der Waals surface area contributed by atoms with Crippen molar-refractivity contribution in [2.24, 2.45) is 0 Å². The SMILES string of the molecule is CC(C)(C)c1ccc(Nc2cc(-c3ccncc3)nc(NC3CC3)n2)cc1. The lowest BCUT2D eigenvalue weighted by atomic mass is 9.87. The van der Waals surface area contributed by atoms with Crippen LogP contribution in [0.5, 0.6) is 0 Å². The van der Waals surface area contributed by atoms with Gasteiger partial charge in [0.25, 0.3) is 0 Å². The second-order valence-corrected chi connectivity index (χ2v) is 8.07. The molecule has 2 N–H and O–H groups in total. The van der Waals surface area contributed by atoms with Crippen LogP contribution in [0.2, 0.25) is 0 Å². The van der Waals surface area contributed by atoms with Crippen LogP contribution in [-0.4, -0.2) is 21.0 Å². The first-order valence-electron chi connectivity index (χ1n) is 9.41. The minimum absolute atomic E-state index is 0.142. The molecule has 1 aliphatic carbocycles. The zero-order valence-corrected chi connectivity index (χ0v) is 16.0. The normalized spacial score (nSPS) is 14.0. The summed E-state index contributed by atoms with van der Waals surface area (Å²) in [5.41, 5.74) is 4.37. The van der Waals surface area contributed by atoms with Gasteiger partial charge in [0.1, 0.15) is 5.82 Å². The van der Waals surface area contributed by atoms with Crippen LogP contribution < -0.4 is 10.6 Å². The van der Waals surface area contributed by atoms with E-state index in [2.05, 4.69) is 70.6 Å². The Morgan fingerprint density at radius 1 is 0.926 bits per heavy atom. The summed E-state index contributed by atoms with van der Waals surface area (Å²) in [4.78, 5) is 13.4. The van der Waals surface area contributed by atoms with E-state index in [1.807, 2.05) is 18.2 Å². The average molecular weight is 359 g/mol. The Morgan fingerprint density at radius 3 is 2.26 bits per heavy atom. The number of aromatic nitrogens is 3. The quantitative estimate of drug-likeness (QED) is 0.659. The fourth-order valence-corrected chi connectivity index (χ4v) is 2.86. The van der Waals surface area contributed by atoms with Gasteiger partial charge in [-0.15, -0.1) is 0 Å². The van der Waals surface area contributed by atoms with Crippen LogP contribution in [0.1, 0.15) is 39.2 Å². The summed E-state index contributed by atoms with van der Waals surface area (Å²) in [5.74, 6) is 1.45. The highest BCUT2D eigenvalue weighted by Crippen LogP contribution is 2.28. The summed E-state index contributed by atoms with van der Waals surface area (Å²) in [6.07, 6.45) is 5.92. The van der Waals surface area contributed by atoms with Gasteiger partial charge >= 0.3 is 0 Å². The molecule has 0 spiro atoms. The van der Waals surface area contributed by atoms with Crippen molar-refractivity contribution < 1.29 is 0 Å². The van der Waals surface area contributed by atoms with Crippen LogP contribution in [0, 0.1) is 0 Å². The number of hydrogen-bond donors (Lipinski definition) is 2. The molecule has 0 bridgehead atoms. The van der Waals surface area contributed by atoms with Crippen LogP contribution in [-0.2, 0) is 5.41 Å². The Balaban J connectivity index is 1.63. The molecule has 0 radical (unpaired) electrons. The van der Waals surface area contributed by atoms with E-state index in [9.17, 15) is 0 Å². The average Bonchev–Trinajstić information content (AvgIpc) is 3.46. The van der Waals surface area contributed by atoms with Gasteiger partial charge in [0.05, 0.1) is 5.69 Å². The molecule has 1 saturated carbocycles. The van der Waals surface area contributed by atoms with Gasteiger partial charge < -0.3 is 10.6 Å². The minimum Gasteiger partial charge on any atom is -0.351 e. The highest BCUT2D eigenvalue weighted by atomic mass is 15.2. The van der Waals surface area contributed by atoms with Crippen molar-refractivity contribution in [1.29, 1.82) is 0 Å². The van der Waals surface area contributed by atoms with Gasteiger partial charge in [0.15, 0.2) is 0 Å². The van der Waals surface area contributed by atoms with Crippen molar-refractivity contribution in [3.63, 3.8) is 0 Å². The highest BCUT2D eigenvalue weighted by molar-refractivity contribution is 5.67. The van der Waals surface area contributed by atoms with Crippen molar-refractivity contribution in [2.45, 2.75) is 45.1 Å². The van der Waals surface area contributed by atoms with E-state index >= 15 is 0 Å². The van der Waals surface area contributed by atoms with E-state index in [1.54, 1.807) is 12.4 Å². The molecule has 0 aliphatic heterocycles. The number of anilines is 3. The van der Waals surface area contributed by atoms with Crippen LogP contribution in [0.25, 0.3) is 11.3 Å². The molecule has 5 heteroatoms. The maximum atomic E-state index is 4.68. The van der Waals surface area contributed by atoms with Crippen molar-refractivity contribution in [3.8, 4) is 11.3 Å². The zero-order valence-electron chi connectivity index (χ0n) is 16.0. The summed E-state index contributed by atoms with van der Waals surface area (Å²) in [5, 5.41) is 6.82. The molecule has 0 amide bonds. The van der Waals surface area contributed by atoms with Crippen molar-refractivity contribution in [1.82, 2.24) is 15.0 Å². The van der Waals surface area contributed by atoms with Crippen LogP contribution >= 0.6 is 0 Å². The number of pyridine rings is 1. The van der Waals surface area contributed by atoms with E-state index in [0.717, 1.165) is 22.8 Å². The Labute approximate surface area is 160 Å². The summed E-state index contributed by atoms with van der Waals surface area (Å²) in [6.45, 7) is 6.66. The van der Waals surface area contributed by atoms with Gasteiger partial charge in [-0.3, -0.25) is 4.98 Å². The Kier molecular flexibility index (Phi) is 4.52. The predicted octanol–water partition coefficient (Wildman–Crippen LogP) is 5.15. The highest BCUT2D eigenvalue weighted by Gasteiger charge is 2.22. The van der Waals surface area contributed by atoms with Crippen molar-refractivity contribution >= 4 is 17.5 Å². The number of hydrogen-bond acceptors (Lipinski definition) is 5. The van der Waals surface area contributed by atoms with Crippen LogP contribution in [0.15, 0.2) is 54.9 Å². The summed E-state index contributed by atoms with van der Waals surface area (Å²) >= 11 is 0. The maximum absolute atomic E-state index is 4.68. The second kappa shape index (κ2) is 6.99. The predicted molar refractivity (Wildman–Crippen MR) is 110 cm³/mol. The van der Waals surface area contributed by atoms with Gasteiger partial charge in [-0.25, -0.2) is 4.98 Å². The first-order valence-corrected chi connectivity index (χ1v) is 9.41. The number of rotatable bonds is 5. The smallest absolute Gasteiger partial charge is 0.225 e. The van der Waals surface area contributed by atoms with Crippen LogP contribution in [0.3, 0.4) is 0 Å². The minimum atomic E-state index is 0.142. The fourth-order valence-electron chi connectivity index (χ4n) is 2.86. The van der Waals surface area contributed by atoms with Gasteiger partial charge in [0, 0.05) is 35.8 Å². The summed E-state index contributed by atoms with van der Waals surface area (Å²) in [7, 11) is 0.